The number of aromatic nitrogens is 2. The van der Waals surface area contributed by atoms with Gasteiger partial charge in [-0.05, 0) is 18.6 Å². The Bertz CT molecular complexity index is 605. The average molecular weight is 266 g/mol. The molecule has 0 aliphatic rings. The number of aryl methyl sites for hydroxylation is 1. The van der Waals surface area contributed by atoms with Crippen molar-refractivity contribution in [3.63, 3.8) is 0 Å². The van der Waals surface area contributed by atoms with Crippen LogP contribution in [0.5, 0.6) is 5.88 Å². The second-order valence-corrected chi connectivity index (χ2v) is 3.98. The van der Waals surface area contributed by atoms with Crippen LogP contribution in [0.4, 0.5) is 8.78 Å². The van der Waals surface area contributed by atoms with E-state index in [9.17, 15) is 13.9 Å². The molecule has 1 atom stereocenters. The van der Waals surface area contributed by atoms with Crippen LogP contribution in [-0.2, 0) is 0 Å². The maximum atomic E-state index is 13.7. The SMILES string of the molecule is COc1nccnc1C(O)c1cc(C)c(F)cc1F. The number of methoxy groups -OCH3 is 1. The molecular formula is C13H12F2N2O2. The van der Waals surface area contributed by atoms with Gasteiger partial charge >= 0.3 is 0 Å². The van der Waals surface area contributed by atoms with Crippen LogP contribution < -0.4 is 4.74 Å². The number of benzene rings is 1. The molecule has 19 heavy (non-hydrogen) atoms. The molecule has 0 aliphatic heterocycles. The minimum Gasteiger partial charge on any atom is -0.480 e. The Balaban J connectivity index is 2.50. The molecule has 0 saturated carbocycles. The molecule has 0 saturated heterocycles. The van der Waals surface area contributed by atoms with E-state index in [1.54, 1.807) is 0 Å². The average Bonchev–Trinajstić information content (AvgIpc) is 2.42. The van der Waals surface area contributed by atoms with Gasteiger partial charge < -0.3 is 9.84 Å². The summed E-state index contributed by atoms with van der Waals surface area (Å²) in [6, 6.07) is 1.97. The highest BCUT2D eigenvalue weighted by molar-refractivity contribution is 5.34. The minimum absolute atomic E-state index is 0.0716. The molecule has 1 aromatic carbocycles. The first-order chi connectivity index (χ1) is 9.04. The molecular weight excluding hydrogens is 254 g/mol. The summed E-state index contributed by atoms with van der Waals surface area (Å²) in [6.45, 7) is 1.49. The van der Waals surface area contributed by atoms with E-state index in [0.717, 1.165) is 6.07 Å². The van der Waals surface area contributed by atoms with Gasteiger partial charge in [0.25, 0.3) is 0 Å². The quantitative estimate of drug-likeness (QED) is 0.924. The van der Waals surface area contributed by atoms with Gasteiger partial charge in [-0.25, -0.2) is 13.8 Å². The Morgan fingerprint density at radius 3 is 2.53 bits per heavy atom. The highest BCUT2D eigenvalue weighted by Gasteiger charge is 2.22. The van der Waals surface area contributed by atoms with E-state index in [4.69, 9.17) is 4.74 Å². The third kappa shape index (κ3) is 2.53. The molecule has 0 fully saturated rings. The fraction of sp³-hybridized carbons (Fsp3) is 0.231. The molecule has 1 aromatic heterocycles. The fourth-order valence-electron chi connectivity index (χ4n) is 1.72. The van der Waals surface area contributed by atoms with Crippen molar-refractivity contribution in [2.75, 3.05) is 7.11 Å². The lowest BCUT2D eigenvalue weighted by atomic mass is 10.0. The zero-order valence-corrected chi connectivity index (χ0v) is 10.4. The van der Waals surface area contributed by atoms with E-state index >= 15 is 0 Å². The number of nitrogens with zero attached hydrogens (tertiary/aromatic N) is 2. The Morgan fingerprint density at radius 1 is 1.16 bits per heavy atom. The zero-order valence-electron chi connectivity index (χ0n) is 10.4. The smallest absolute Gasteiger partial charge is 0.238 e. The normalized spacial score (nSPS) is 12.3. The molecule has 6 heteroatoms. The molecule has 0 bridgehead atoms. The molecule has 100 valence electrons. The molecule has 2 aromatic rings. The maximum absolute atomic E-state index is 13.7. The monoisotopic (exact) mass is 266 g/mol. The Kier molecular flexibility index (Phi) is 3.71. The summed E-state index contributed by atoms with van der Waals surface area (Å²) in [6.07, 6.45) is 1.37. The minimum atomic E-state index is -1.37. The van der Waals surface area contributed by atoms with Crippen LogP contribution in [0.1, 0.15) is 22.9 Å². The summed E-state index contributed by atoms with van der Waals surface area (Å²) in [5.41, 5.74) is 0.242. The van der Waals surface area contributed by atoms with E-state index in [2.05, 4.69) is 9.97 Å². The van der Waals surface area contributed by atoms with Crippen molar-refractivity contribution in [2.45, 2.75) is 13.0 Å². The number of ether oxygens (including phenoxy) is 1. The topological polar surface area (TPSA) is 55.2 Å². The van der Waals surface area contributed by atoms with Gasteiger partial charge in [0.2, 0.25) is 5.88 Å². The van der Waals surface area contributed by atoms with E-state index in [1.165, 1.54) is 32.5 Å². The third-order valence-corrected chi connectivity index (χ3v) is 2.72. The first-order valence-corrected chi connectivity index (χ1v) is 5.53. The van der Waals surface area contributed by atoms with Crippen molar-refractivity contribution >= 4 is 0 Å². The highest BCUT2D eigenvalue weighted by atomic mass is 19.1. The van der Waals surface area contributed by atoms with Crippen LogP contribution in [0.25, 0.3) is 0 Å². The first-order valence-electron chi connectivity index (χ1n) is 5.53. The van der Waals surface area contributed by atoms with Gasteiger partial charge in [-0.15, -0.1) is 0 Å². The molecule has 0 radical (unpaired) electrons. The number of halogens is 2. The van der Waals surface area contributed by atoms with Crippen molar-refractivity contribution in [3.05, 3.63) is 53.0 Å². The lowest BCUT2D eigenvalue weighted by molar-refractivity contribution is 0.202. The second-order valence-electron chi connectivity index (χ2n) is 3.98. The van der Waals surface area contributed by atoms with Crippen molar-refractivity contribution in [3.8, 4) is 5.88 Å². The molecule has 1 unspecified atom stereocenters. The number of aliphatic hydroxyl groups excluding tert-OH is 1. The van der Waals surface area contributed by atoms with Crippen LogP contribution in [0, 0.1) is 18.6 Å². The summed E-state index contributed by atoms with van der Waals surface area (Å²) in [7, 11) is 1.37. The molecule has 0 spiro atoms. The van der Waals surface area contributed by atoms with Gasteiger partial charge in [-0.3, -0.25) is 4.98 Å². The molecule has 4 nitrogen and oxygen atoms in total. The van der Waals surface area contributed by atoms with Crippen molar-refractivity contribution in [2.24, 2.45) is 0 Å². The molecule has 1 heterocycles. The van der Waals surface area contributed by atoms with Crippen LogP contribution in [0.15, 0.2) is 24.5 Å². The predicted molar refractivity (Wildman–Crippen MR) is 63.7 cm³/mol. The zero-order chi connectivity index (χ0) is 14.0. The Labute approximate surface area is 108 Å². The van der Waals surface area contributed by atoms with Crippen molar-refractivity contribution < 1.29 is 18.6 Å². The third-order valence-electron chi connectivity index (χ3n) is 2.72. The summed E-state index contributed by atoms with van der Waals surface area (Å²) in [5.74, 6) is -1.42. The number of hydrogen-bond donors (Lipinski definition) is 1. The van der Waals surface area contributed by atoms with E-state index in [0.29, 0.717) is 0 Å². The summed E-state index contributed by atoms with van der Waals surface area (Å²) < 4.78 is 31.9. The Hall–Kier alpha value is -2.08. The van der Waals surface area contributed by atoms with E-state index in [-0.39, 0.29) is 22.7 Å². The lowest BCUT2D eigenvalue weighted by Gasteiger charge is -2.14. The number of rotatable bonds is 3. The predicted octanol–water partition coefficient (Wildman–Crippen LogP) is 2.15. The van der Waals surface area contributed by atoms with Crippen molar-refractivity contribution in [1.82, 2.24) is 9.97 Å². The highest BCUT2D eigenvalue weighted by Crippen LogP contribution is 2.29. The molecule has 2 rings (SSSR count). The van der Waals surface area contributed by atoms with Gasteiger partial charge in [0, 0.05) is 24.0 Å². The van der Waals surface area contributed by atoms with Gasteiger partial charge in [0.15, 0.2) is 0 Å². The Morgan fingerprint density at radius 2 is 1.84 bits per heavy atom. The molecule has 1 N–H and O–H groups in total. The number of aliphatic hydroxyl groups is 1. The van der Waals surface area contributed by atoms with E-state index < -0.39 is 17.7 Å². The van der Waals surface area contributed by atoms with Gasteiger partial charge in [-0.2, -0.15) is 0 Å². The van der Waals surface area contributed by atoms with Crippen LogP contribution >= 0.6 is 0 Å². The van der Waals surface area contributed by atoms with Gasteiger partial charge in [0.05, 0.1) is 7.11 Å². The summed E-state index contributed by atoms with van der Waals surface area (Å²) in [5, 5.41) is 10.2. The standard InChI is InChI=1S/C13H12F2N2O2/c1-7-5-8(10(15)6-9(7)14)12(18)11-13(19-2)17-4-3-16-11/h3-6,12,18H,1-2H3. The summed E-state index contributed by atoms with van der Waals surface area (Å²) in [4.78, 5) is 7.79. The first kappa shape index (κ1) is 13.4. The van der Waals surface area contributed by atoms with Crippen LogP contribution in [-0.4, -0.2) is 22.2 Å². The maximum Gasteiger partial charge on any atom is 0.238 e. The fourth-order valence-corrected chi connectivity index (χ4v) is 1.72. The lowest BCUT2D eigenvalue weighted by Crippen LogP contribution is -2.09. The van der Waals surface area contributed by atoms with Gasteiger partial charge in [0.1, 0.15) is 23.4 Å². The van der Waals surface area contributed by atoms with Crippen LogP contribution in [0.2, 0.25) is 0 Å². The number of hydrogen-bond acceptors (Lipinski definition) is 4. The van der Waals surface area contributed by atoms with E-state index in [1.807, 2.05) is 0 Å². The largest absolute Gasteiger partial charge is 0.480 e. The van der Waals surface area contributed by atoms with Crippen molar-refractivity contribution in [1.29, 1.82) is 0 Å². The van der Waals surface area contributed by atoms with Gasteiger partial charge in [-0.1, -0.05) is 0 Å². The van der Waals surface area contributed by atoms with Crippen LogP contribution in [0.3, 0.4) is 0 Å². The second kappa shape index (κ2) is 5.27. The summed E-state index contributed by atoms with van der Waals surface area (Å²) >= 11 is 0. The molecule has 0 aliphatic carbocycles. The molecule has 0 amide bonds.